The van der Waals surface area contributed by atoms with Gasteiger partial charge < -0.3 is 20.3 Å². The van der Waals surface area contributed by atoms with E-state index in [1.54, 1.807) is 7.11 Å². The van der Waals surface area contributed by atoms with Crippen LogP contribution in [0, 0.1) is 11.3 Å². The SMILES string of the molecule is CCN1CCC(CC(=O)N2CCC(N3CCCC(CCOC)(C(N)=O)C3)CC2)CC1. The number of hydrogen-bond donors (Lipinski definition) is 1. The highest BCUT2D eigenvalue weighted by Crippen LogP contribution is 2.35. The summed E-state index contributed by atoms with van der Waals surface area (Å²) < 4.78 is 5.24. The molecule has 0 aromatic rings. The maximum atomic E-state index is 12.8. The predicted octanol–water partition coefficient (Wildman–Crippen LogP) is 1.70. The topological polar surface area (TPSA) is 79.1 Å². The van der Waals surface area contributed by atoms with Gasteiger partial charge in [-0.2, -0.15) is 0 Å². The quantitative estimate of drug-likeness (QED) is 0.644. The van der Waals surface area contributed by atoms with E-state index in [4.69, 9.17) is 10.5 Å². The molecule has 0 aliphatic carbocycles. The smallest absolute Gasteiger partial charge is 0.225 e. The van der Waals surface area contributed by atoms with Gasteiger partial charge in [0.25, 0.3) is 0 Å². The molecule has 7 nitrogen and oxygen atoms in total. The van der Waals surface area contributed by atoms with Crippen LogP contribution in [-0.4, -0.2) is 92.1 Å². The van der Waals surface area contributed by atoms with Crippen LogP contribution in [0.4, 0.5) is 0 Å². The molecule has 172 valence electrons. The van der Waals surface area contributed by atoms with E-state index in [0.29, 0.717) is 37.3 Å². The Morgan fingerprint density at radius 3 is 2.37 bits per heavy atom. The van der Waals surface area contributed by atoms with E-state index in [2.05, 4.69) is 21.6 Å². The second kappa shape index (κ2) is 10.9. The van der Waals surface area contributed by atoms with E-state index in [1.807, 2.05) is 0 Å². The van der Waals surface area contributed by atoms with Crippen LogP contribution in [0.3, 0.4) is 0 Å². The van der Waals surface area contributed by atoms with Crippen LogP contribution < -0.4 is 5.73 Å². The Hall–Kier alpha value is -1.18. The molecule has 3 heterocycles. The number of hydrogen-bond acceptors (Lipinski definition) is 5. The molecule has 1 atom stereocenters. The molecular weight excluding hydrogens is 380 g/mol. The van der Waals surface area contributed by atoms with Gasteiger partial charge in [-0.3, -0.25) is 14.5 Å². The molecule has 2 N–H and O–H groups in total. The molecule has 0 aromatic carbocycles. The Morgan fingerprint density at radius 2 is 1.77 bits per heavy atom. The van der Waals surface area contributed by atoms with Gasteiger partial charge >= 0.3 is 0 Å². The van der Waals surface area contributed by atoms with Gasteiger partial charge in [0.1, 0.15) is 0 Å². The van der Waals surface area contributed by atoms with Gasteiger partial charge in [0, 0.05) is 45.8 Å². The number of rotatable bonds is 8. The zero-order valence-electron chi connectivity index (χ0n) is 19.1. The Bertz CT molecular complexity index is 571. The lowest BCUT2D eigenvalue weighted by Crippen LogP contribution is -2.56. The predicted molar refractivity (Wildman–Crippen MR) is 118 cm³/mol. The van der Waals surface area contributed by atoms with Crippen molar-refractivity contribution in [1.82, 2.24) is 14.7 Å². The fourth-order valence-electron chi connectivity index (χ4n) is 5.67. The Morgan fingerprint density at radius 1 is 1.07 bits per heavy atom. The van der Waals surface area contributed by atoms with Gasteiger partial charge in [-0.25, -0.2) is 0 Å². The van der Waals surface area contributed by atoms with Crippen molar-refractivity contribution in [3.63, 3.8) is 0 Å². The fraction of sp³-hybridized carbons (Fsp3) is 0.913. The standard InChI is InChI=1S/C23H42N4O3/c1-3-25-12-5-19(6-13-25)17-21(28)26-14-7-20(8-15-26)27-11-4-9-23(18-27,22(24)29)10-16-30-2/h19-20H,3-18H2,1-2H3,(H2,24,29). The maximum Gasteiger partial charge on any atom is 0.225 e. The number of methoxy groups -OCH3 is 1. The van der Waals surface area contributed by atoms with Crippen LogP contribution in [0.2, 0.25) is 0 Å². The summed E-state index contributed by atoms with van der Waals surface area (Å²) in [6.07, 6.45) is 7.58. The molecule has 3 saturated heterocycles. The van der Waals surface area contributed by atoms with Gasteiger partial charge in [0.2, 0.25) is 11.8 Å². The fourth-order valence-corrected chi connectivity index (χ4v) is 5.67. The first-order valence-electron chi connectivity index (χ1n) is 12.0. The average Bonchev–Trinajstić information content (AvgIpc) is 2.78. The van der Waals surface area contributed by atoms with Gasteiger partial charge in [-0.15, -0.1) is 0 Å². The van der Waals surface area contributed by atoms with Crippen molar-refractivity contribution in [1.29, 1.82) is 0 Å². The normalized spacial score (nSPS) is 28.0. The van der Waals surface area contributed by atoms with Crippen LogP contribution in [0.25, 0.3) is 0 Å². The van der Waals surface area contributed by atoms with Crippen molar-refractivity contribution in [2.24, 2.45) is 17.1 Å². The van der Waals surface area contributed by atoms with Crippen molar-refractivity contribution < 1.29 is 14.3 Å². The van der Waals surface area contributed by atoms with Gasteiger partial charge in [-0.1, -0.05) is 6.92 Å². The molecule has 0 aromatic heterocycles. The third-order valence-electron chi connectivity index (χ3n) is 7.87. The molecule has 1 unspecified atom stereocenters. The number of nitrogens with zero attached hydrogens (tertiary/aromatic N) is 3. The van der Waals surface area contributed by atoms with Gasteiger partial charge in [0.15, 0.2) is 0 Å². The van der Waals surface area contributed by atoms with Gasteiger partial charge in [-0.05, 0) is 77.0 Å². The lowest BCUT2D eigenvalue weighted by atomic mass is 9.76. The Kier molecular flexibility index (Phi) is 8.54. The average molecular weight is 423 g/mol. The number of nitrogens with two attached hydrogens (primary N) is 1. The van der Waals surface area contributed by atoms with E-state index in [1.165, 1.54) is 0 Å². The largest absolute Gasteiger partial charge is 0.385 e. The summed E-state index contributed by atoms with van der Waals surface area (Å²) in [4.78, 5) is 32.1. The minimum absolute atomic E-state index is 0.189. The van der Waals surface area contributed by atoms with E-state index >= 15 is 0 Å². The molecular formula is C23H42N4O3. The molecule has 0 radical (unpaired) electrons. The number of likely N-dealkylation sites (tertiary alicyclic amines) is 3. The molecule has 0 spiro atoms. The molecule has 30 heavy (non-hydrogen) atoms. The van der Waals surface area contributed by atoms with E-state index in [0.717, 1.165) is 84.3 Å². The number of carbonyl (C=O) groups excluding carboxylic acids is 2. The molecule has 2 amide bonds. The molecule has 3 aliphatic heterocycles. The first-order valence-corrected chi connectivity index (χ1v) is 12.0. The van der Waals surface area contributed by atoms with E-state index in [-0.39, 0.29) is 5.91 Å². The zero-order chi connectivity index (χ0) is 21.6. The van der Waals surface area contributed by atoms with Crippen molar-refractivity contribution in [3.05, 3.63) is 0 Å². The summed E-state index contributed by atoms with van der Waals surface area (Å²) >= 11 is 0. The van der Waals surface area contributed by atoms with Crippen molar-refractivity contribution in [3.8, 4) is 0 Å². The van der Waals surface area contributed by atoms with E-state index < -0.39 is 5.41 Å². The number of amides is 2. The summed E-state index contributed by atoms with van der Waals surface area (Å²) in [5.74, 6) is 0.705. The molecule has 3 fully saturated rings. The third kappa shape index (κ3) is 5.74. The maximum absolute atomic E-state index is 12.8. The highest BCUT2D eigenvalue weighted by atomic mass is 16.5. The number of carbonyl (C=O) groups is 2. The first-order chi connectivity index (χ1) is 14.5. The van der Waals surface area contributed by atoms with Crippen LogP contribution in [0.1, 0.15) is 58.3 Å². The molecule has 3 aliphatic rings. The van der Waals surface area contributed by atoms with Crippen molar-refractivity contribution >= 4 is 11.8 Å². The highest BCUT2D eigenvalue weighted by Gasteiger charge is 2.42. The number of primary amides is 1. The number of ether oxygens (including phenoxy) is 1. The lowest BCUT2D eigenvalue weighted by molar-refractivity contribution is -0.135. The molecule has 0 saturated carbocycles. The third-order valence-corrected chi connectivity index (χ3v) is 7.87. The lowest BCUT2D eigenvalue weighted by Gasteiger charge is -2.46. The highest BCUT2D eigenvalue weighted by molar-refractivity contribution is 5.81. The summed E-state index contributed by atoms with van der Waals surface area (Å²) in [7, 11) is 1.68. The zero-order valence-corrected chi connectivity index (χ0v) is 19.1. The molecule has 0 bridgehead atoms. The summed E-state index contributed by atoms with van der Waals surface area (Å²) in [6, 6.07) is 0.448. The molecule has 3 rings (SSSR count). The van der Waals surface area contributed by atoms with Crippen molar-refractivity contribution in [2.45, 2.75) is 64.3 Å². The van der Waals surface area contributed by atoms with Crippen molar-refractivity contribution in [2.75, 3.05) is 59.5 Å². The van der Waals surface area contributed by atoms with E-state index in [9.17, 15) is 9.59 Å². The van der Waals surface area contributed by atoms with Crippen LogP contribution >= 0.6 is 0 Å². The minimum Gasteiger partial charge on any atom is -0.385 e. The summed E-state index contributed by atoms with van der Waals surface area (Å²) in [5.41, 5.74) is 5.36. The molecule has 7 heteroatoms. The summed E-state index contributed by atoms with van der Waals surface area (Å²) in [6.45, 7) is 9.62. The Balaban J connectivity index is 1.46. The second-order valence-corrected chi connectivity index (χ2v) is 9.66. The Labute approximate surface area is 182 Å². The second-order valence-electron chi connectivity index (χ2n) is 9.66. The van der Waals surface area contributed by atoms with Crippen LogP contribution in [0.5, 0.6) is 0 Å². The van der Waals surface area contributed by atoms with Gasteiger partial charge in [0.05, 0.1) is 5.41 Å². The monoisotopic (exact) mass is 422 g/mol. The number of piperidine rings is 3. The van der Waals surface area contributed by atoms with Crippen LogP contribution in [-0.2, 0) is 14.3 Å². The summed E-state index contributed by atoms with van der Waals surface area (Å²) in [5, 5.41) is 0. The minimum atomic E-state index is -0.464. The first kappa shape index (κ1) is 23.5. The van der Waals surface area contributed by atoms with Crippen LogP contribution in [0.15, 0.2) is 0 Å².